The van der Waals surface area contributed by atoms with Gasteiger partial charge in [-0.05, 0) is 50.5 Å². The molecule has 0 bridgehead atoms. The minimum atomic E-state index is -3.23. The minimum absolute atomic E-state index is 0.00833. The van der Waals surface area contributed by atoms with Crippen molar-refractivity contribution in [3.63, 3.8) is 0 Å². The summed E-state index contributed by atoms with van der Waals surface area (Å²) in [4.78, 5) is 14.1. The monoisotopic (exact) mass is 421 g/mol. The molecule has 2 aliphatic rings. The van der Waals surface area contributed by atoms with E-state index >= 15 is 0 Å². The molecule has 1 N–H and O–H groups in total. The fourth-order valence-corrected chi connectivity index (χ4v) is 7.09. The predicted octanol–water partition coefficient (Wildman–Crippen LogP) is 2.39. The molecule has 0 spiro atoms. The number of fused-ring (bicyclic) bond motifs is 1. The zero-order valence-electron chi connectivity index (χ0n) is 17.2. The molecule has 160 valence electrons. The molecule has 3 heterocycles. The number of nitrogens with one attached hydrogen (secondary N) is 1. The van der Waals surface area contributed by atoms with E-state index in [0.29, 0.717) is 19.2 Å². The summed E-state index contributed by atoms with van der Waals surface area (Å²) >= 11 is 0. The summed E-state index contributed by atoms with van der Waals surface area (Å²) in [5.74, 6) is 1.43. The summed E-state index contributed by atoms with van der Waals surface area (Å²) in [6.07, 6.45) is 9.12. The van der Waals surface area contributed by atoms with Gasteiger partial charge in [0.15, 0.2) is 0 Å². The average Bonchev–Trinajstić information content (AvgIpc) is 3.37. The van der Waals surface area contributed by atoms with Gasteiger partial charge in [0.25, 0.3) is 0 Å². The van der Waals surface area contributed by atoms with E-state index in [-0.39, 0.29) is 17.7 Å². The van der Waals surface area contributed by atoms with Gasteiger partial charge >= 0.3 is 0 Å². The Kier molecular flexibility index (Phi) is 6.08. The highest BCUT2D eigenvalue weighted by Crippen LogP contribution is 2.33. The first-order chi connectivity index (χ1) is 14.0. The Hall–Kier alpha value is -1.71. The lowest BCUT2D eigenvalue weighted by Crippen LogP contribution is -2.42. The van der Waals surface area contributed by atoms with Gasteiger partial charge in [0.2, 0.25) is 10.0 Å². The normalized spacial score (nSPS) is 26.2. The first-order valence-corrected chi connectivity index (χ1v) is 12.1. The fraction of sp³-hybridized carbons (Fsp3) is 0.700. The van der Waals surface area contributed by atoms with Crippen LogP contribution in [0, 0.1) is 5.92 Å². The highest BCUT2D eigenvalue weighted by molar-refractivity contribution is 7.89. The Morgan fingerprint density at radius 3 is 2.79 bits per heavy atom. The molecule has 9 heteroatoms. The van der Waals surface area contributed by atoms with Crippen LogP contribution in [-0.4, -0.2) is 72.8 Å². The van der Waals surface area contributed by atoms with Gasteiger partial charge in [-0.1, -0.05) is 0 Å². The molecule has 29 heavy (non-hydrogen) atoms. The molecule has 2 fully saturated rings. The topological polar surface area (TPSA) is 91.4 Å². The van der Waals surface area contributed by atoms with Crippen LogP contribution in [0.4, 0.5) is 5.82 Å². The van der Waals surface area contributed by atoms with Gasteiger partial charge in [-0.3, -0.25) is 0 Å². The quantitative estimate of drug-likeness (QED) is 0.738. The first kappa shape index (κ1) is 20.6. The van der Waals surface area contributed by atoms with E-state index in [9.17, 15) is 8.42 Å². The van der Waals surface area contributed by atoms with E-state index in [1.807, 2.05) is 12.3 Å². The number of aromatic amines is 1. The van der Waals surface area contributed by atoms with Crippen LogP contribution in [0.15, 0.2) is 18.6 Å². The molecular formula is C20H31N5O3S. The van der Waals surface area contributed by atoms with E-state index in [1.165, 1.54) is 0 Å². The summed E-state index contributed by atoms with van der Waals surface area (Å²) < 4.78 is 32.9. The number of rotatable bonds is 7. The SMILES string of the molecule is COC[C@H]1CCCN1S(=O)(=O)C[C@H]1CC[C@H](N(C)c2ncnc3[nH]ccc23)CC1. The van der Waals surface area contributed by atoms with Crippen molar-refractivity contribution >= 4 is 26.9 Å². The summed E-state index contributed by atoms with van der Waals surface area (Å²) in [6.45, 7) is 1.12. The second-order valence-electron chi connectivity index (χ2n) is 8.36. The third-order valence-electron chi connectivity index (χ3n) is 6.52. The zero-order chi connectivity index (χ0) is 20.4. The van der Waals surface area contributed by atoms with Crippen LogP contribution in [0.3, 0.4) is 0 Å². The number of hydrogen-bond donors (Lipinski definition) is 1. The molecule has 0 radical (unpaired) electrons. The third-order valence-corrected chi connectivity index (χ3v) is 8.60. The molecule has 0 aromatic carbocycles. The van der Waals surface area contributed by atoms with Crippen LogP contribution in [0.1, 0.15) is 38.5 Å². The molecule has 0 unspecified atom stereocenters. The Morgan fingerprint density at radius 1 is 1.24 bits per heavy atom. The van der Waals surface area contributed by atoms with Gasteiger partial charge in [0, 0.05) is 39.0 Å². The van der Waals surface area contributed by atoms with Gasteiger partial charge < -0.3 is 14.6 Å². The molecule has 4 rings (SSSR count). The van der Waals surface area contributed by atoms with Crippen LogP contribution >= 0.6 is 0 Å². The lowest BCUT2D eigenvalue weighted by atomic mass is 9.86. The van der Waals surface area contributed by atoms with E-state index in [2.05, 4.69) is 26.9 Å². The van der Waals surface area contributed by atoms with Crippen molar-refractivity contribution in [1.82, 2.24) is 19.3 Å². The Balaban J connectivity index is 1.36. The minimum Gasteiger partial charge on any atom is -0.383 e. The van der Waals surface area contributed by atoms with E-state index in [1.54, 1.807) is 17.7 Å². The zero-order valence-corrected chi connectivity index (χ0v) is 18.1. The van der Waals surface area contributed by atoms with Crippen molar-refractivity contribution in [2.45, 2.75) is 50.6 Å². The lowest BCUT2D eigenvalue weighted by molar-refractivity contribution is 0.148. The maximum Gasteiger partial charge on any atom is 0.214 e. The molecule has 1 aliphatic carbocycles. The summed E-state index contributed by atoms with van der Waals surface area (Å²) in [5.41, 5.74) is 0.845. The van der Waals surface area contributed by atoms with Crippen molar-refractivity contribution in [2.75, 3.05) is 38.0 Å². The summed E-state index contributed by atoms with van der Waals surface area (Å²) in [6, 6.07) is 2.38. The van der Waals surface area contributed by atoms with Crippen LogP contribution in [-0.2, 0) is 14.8 Å². The Morgan fingerprint density at radius 2 is 2.03 bits per heavy atom. The molecule has 8 nitrogen and oxygen atoms in total. The number of nitrogens with zero attached hydrogens (tertiary/aromatic N) is 4. The van der Waals surface area contributed by atoms with Gasteiger partial charge in [-0.25, -0.2) is 18.4 Å². The highest BCUT2D eigenvalue weighted by Gasteiger charge is 2.36. The molecule has 1 saturated carbocycles. The van der Waals surface area contributed by atoms with Gasteiger partial charge in [0.1, 0.15) is 17.8 Å². The number of H-pyrrole nitrogens is 1. The maximum atomic E-state index is 13.0. The maximum absolute atomic E-state index is 13.0. The first-order valence-electron chi connectivity index (χ1n) is 10.5. The standard InChI is InChI=1S/C20H31N5O3S/c1-24(20-18-9-10-21-19(18)22-14-23-20)16-7-5-15(6-8-16)13-29(26,27)25-11-3-4-17(25)12-28-2/h9-10,14-17H,3-8,11-13H2,1-2H3,(H,21,22,23)/t15-,16-,17-/m1/s1. The summed E-state index contributed by atoms with van der Waals surface area (Å²) in [5, 5.41) is 1.03. The molecule has 2 aromatic heterocycles. The predicted molar refractivity (Wildman–Crippen MR) is 113 cm³/mol. The van der Waals surface area contributed by atoms with Gasteiger partial charge in [-0.2, -0.15) is 4.31 Å². The van der Waals surface area contributed by atoms with E-state index in [4.69, 9.17) is 4.74 Å². The van der Waals surface area contributed by atoms with Crippen molar-refractivity contribution in [3.05, 3.63) is 18.6 Å². The lowest BCUT2D eigenvalue weighted by Gasteiger charge is -2.36. The number of ether oxygens (including phenoxy) is 1. The third kappa shape index (κ3) is 4.27. The van der Waals surface area contributed by atoms with Crippen molar-refractivity contribution in [1.29, 1.82) is 0 Å². The van der Waals surface area contributed by atoms with Crippen molar-refractivity contribution < 1.29 is 13.2 Å². The fourth-order valence-electron chi connectivity index (χ4n) is 4.94. The smallest absolute Gasteiger partial charge is 0.214 e. The van der Waals surface area contributed by atoms with E-state index in [0.717, 1.165) is 55.4 Å². The van der Waals surface area contributed by atoms with Crippen LogP contribution in [0.5, 0.6) is 0 Å². The highest BCUT2D eigenvalue weighted by atomic mass is 32.2. The molecule has 1 atom stereocenters. The second-order valence-corrected chi connectivity index (χ2v) is 10.3. The van der Waals surface area contributed by atoms with Crippen LogP contribution in [0.25, 0.3) is 11.0 Å². The van der Waals surface area contributed by atoms with Crippen molar-refractivity contribution in [3.8, 4) is 0 Å². The average molecular weight is 422 g/mol. The number of methoxy groups -OCH3 is 1. The number of anilines is 1. The molecule has 1 saturated heterocycles. The Bertz CT molecular complexity index is 923. The van der Waals surface area contributed by atoms with Gasteiger partial charge in [0.05, 0.1) is 17.7 Å². The number of aromatic nitrogens is 3. The molecular weight excluding hydrogens is 390 g/mol. The van der Waals surface area contributed by atoms with Crippen LogP contribution < -0.4 is 4.90 Å². The number of hydrogen-bond acceptors (Lipinski definition) is 6. The van der Waals surface area contributed by atoms with Gasteiger partial charge in [-0.15, -0.1) is 0 Å². The molecule has 1 aliphatic heterocycles. The molecule has 2 aromatic rings. The Labute approximate surface area is 172 Å². The largest absolute Gasteiger partial charge is 0.383 e. The number of sulfonamides is 1. The molecule has 0 amide bonds. The van der Waals surface area contributed by atoms with Crippen molar-refractivity contribution in [2.24, 2.45) is 5.92 Å². The van der Waals surface area contributed by atoms with Crippen LogP contribution in [0.2, 0.25) is 0 Å². The second kappa shape index (κ2) is 8.57. The van der Waals surface area contributed by atoms with E-state index < -0.39 is 10.0 Å². The summed E-state index contributed by atoms with van der Waals surface area (Å²) in [7, 11) is 0.491.